The number of nitrogens with zero attached hydrogens (tertiary/aromatic N) is 1. The Morgan fingerprint density at radius 2 is 2.19 bits per heavy atom. The second-order valence-corrected chi connectivity index (χ2v) is 4.21. The van der Waals surface area contributed by atoms with Gasteiger partial charge in [0.2, 0.25) is 0 Å². The number of amides is 2. The van der Waals surface area contributed by atoms with Gasteiger partial charge in [0.1, 0.15) is 0 Å². The maximum atomic E-state index is 10.7. The zero-order valence-corrected chi connectivity index (χ0v) is 9.23. The van der Waals surface area contributed by atoms with Crippen LogP contribution in [-0.4, -0.2) is 30.1 Å². The first-order valence-electron chi connectivity index (χ1n) is 5.56. The van der Waals surface area contributed by atoms with Crippen molar-refractivity contribution in [2.75, 3.05) is 13.1 Å². The van der Waals surface area contributed by atoms with Gasteiger partial charge in [0, 0.05) is 25.7 Å². The summed E-state index contributed by atoms with van der Waals surface area (Å²) in [5, 5.41) is 2.75. The fourth-order valence-electron chi connectivity index (χ4n) is 2.14. The van der Waals surface area contributed by atoms with Crippen molar-refractivity contribution in [1.82, 2.24) is 10.2 Å². The minimum Gasteiger partial charge on any atom is -0.352 e. The molecule has 1 aromatic rings. The molecular weight excluding hydrogens is 202 g/mol. The van der Waals surface area contributed by atoms with Crippen molar-refractivity contribution < 1.29 is 4.79 Å². The molecule has 2 rings (SSSR count). The number of carbonyl (C=O) groups excluding carboxylic acids is 1. The third kappa shape index (κ3) is 2.97. The van der Waals surface area contributed by atoms with Gasteiger partial charge in [-0.1, -0.05) is 30.3 Å². The van der Waals surface area contributed by atoms with Gasteiger partial charge in [0.15, 0.2) is 0 Å². The summed E-state index contributed by atoms with van der Waals surface area (Å²) in [6.45, 7) is 2.84. The highest BCUT2D eigenvalue weighted by Gasteiger charge is 2.22. The summed E-state index contributed by atoms with van der Waals surface area (Å²) >= 11 is 0. The maximum Gasteiger partial charge on any atom is 0.312 e. The van der Waals surface area contributed by atoms with Crippen molar-refractivity contribution >= 4 is 6.03 Å². The predicted octanol–water partition coefficient (Wildman–Crippen LogP) is 0.929. The van der Waals surface area contributed by atoms with Crippen molar-refractivity contribution in [1.29, 1.82) is 0 Å². The van der Waals surface area contributed by atoms with Gasteiger partial charge in [-0.05, 0) is 12.0 Å². The summed E-state index contributed by atoms with van der Waals surface area (Å²) in [4.78, 5) is 13.0. The molecule has 1 unspecified atom stereocenters. The summed E-state index contributed by atoms with van der Waals surface area (Å²) in [7, 11) is 0. The van der Waals surface area contributed by atoms with Crippen LogP contribution in [-0.2, 0) is 6.54 Å². The molecule has 1 fully saturated rings. The molecule has 0 radical (unpaired) electrons. The molecule has 0 bridgehead atoms. The highest BCUT2D eigenvalue weighted by molar-refractivity contribution is 5.72. The van der Waals surface area contributed by atoms with Crippen molar-refractivity contribution in [2.45, 2.75) is 19.0 Å². The fourth-order valence-corrected chi connectivity index (χ4v) is 2.14. The second kappa shape index (κ2) is 4.99. The molecule has 4 nitrogen and oxygen atoms in total. The molecular formula is C12H17N3O. The van der Waals surface area contributed by atoms with Crippen LogP contribution in [0.1, 0.15) is 12.0 Å². The van der Waals surface area contributed by atoms with Crippen LogP contribution in [0.4, 0.5) is 4.79 Å². The van der Waals surface area contributed by atoms with E-state index < -0.39 is 6.03 Å². The highest BCUT2D eigenvalue weighted by atomic mass is 16.2. The third-order valence-corrected chi connectivity index (χ3v) is 2.87. The van der Waals surface area contributed by atoms with Crippen molar-refractivity contribution in [2.24, 2.45) is 5.73 Å². The SMILES string of the molecule is NC(=O)NC1CCN(Cc2ccccc2)C1. The first-order chi connectivity index (χ1) is 7.74. The predicted molar refractivity (Wildman–Crippen MR) is 62.8 cm³/mol. The molecule has 1 aliphatic heterocycles. The van der Waals surface area contributed by atoms with Crippen molar-refractivity contribution in [3.05, 3.63) is 35.9 Å². The summed E-state index contributed by atoms with van der Waals surface area (Å²) < 4.78 is 0. The first-order valence-corrected chi connectivity index (χ1v) is 5.56. The minimum atomic E-state index is -0.424. The van der Waals surface area contributed by atoms with Crippen LogP contribution in [0.2, 0.25) is 0 Å². The number of urea groups is 1. The monoisotopic (exact) mass is 219 g/mol. The number of benzene rings is 1. The number of hydrogen-bond donors (Lipinski definition) is 2. The first kappa shape index (κ1) is 11.0. The molecule has 1 saturated heterocycles. The van der Waals surface area contributed by atoms with Crippen LogP contribution >= 0.6 is 0 Å². The van der Waals surface area contributed by atoms with E-state index >= 15 is 0 Å². The average Bonchev–Trinajstić information content (AvgIpc) is 2.66. The zero-order valence-electron chi connectivity index (χ0n) is 9.23. The number of likely N-dealkylation sites (tertiary alicyclic amines) is 1. The van der Waals surface area contributed by atoms with E-state index in [1.807, 2.05) is 18.2 Å². The molecule has 0 saturated carbocycles. The average molecular weight is 219 g/mol. The van der Waals surface area contributed by atoms with Crippen LogP contribution in [0.25, 0.3) is 0 Å². The zero-order chi connectivity index (χ0) is 11.4. The Bertz CT molecular complexity index is 353. The van der Waals surface area contributed by atoms with E-state index in [4.69, 9.17) is 5.73 Å². The van der Waals surface area contributed by atoms with Crippen LogP contribution in [0, 0.1) is 0 Å². The number of nitrogens with one attached hydrogen (secondary N) is 1. The number of nitrogens with two attached hydrogens (primary N) is 1. The van der Waals surface area contributed by atoms with Gasteiger partial charge in [0.25, 0.3) is 0 Å². The number of carbonyl (C=O) groups is 1. The Labute approximate surface area is 95.4 Å². The topological polar surface area (TPSA) is 58.4 Å². The Balaban J connectivity index is 1.83. The Hall–Kier alpha value is -1.55. The molecule has 0 aromatic heterocycles. The van der Waals surface area contributed by atoms with E-state index in [2.05, 4.69) is 22.3 Å². The lowest BCUT2D eigenvalue weighted by Gasteiger charge is -2.16. The van der Waals surface area contributed by atoms with Crippen LogP contribution in [0.5, 0.6) is 0 Å². The van der Waals surface area contributed by atoms with Gasteiger partial charge in [-0.15, -0.1) is 0 Å². The Kier molecular flexibility index (Phi) is 3.41. The van der Waals surface area contributed by atoms with Gasteiger partial charge >= 0.3 is 6.03 Å². The molecule has 1 atom stereocenters. The summed E-state index contributed by atoms with van der Waals surface area (Å²) in [5.41, 5.74) is 6.41. The molecule has 3 N–H and O–H groups in total. The quantitative estimate of drug-likeness (QED) is 0.794. The van der Waals surface area contributed by atoms with E-state index in [-0.39, 0.29) is 6.04 Å². The summed E-state index contributed by atoms with van der Waals surface area (Å²) in [6.07, 6.45) is 0.982. The smallest absolute Gasteiger partial charge is 0.312 e. The summed E-state index contributed by atoms with van der Waals surface area (Å²) in [5.74, 6) is 0. The lowest BCUT2D eigenvalue weighted by atomic mass is 10.2. The van der Waals surface area contributed by atoms with Gasteiger partial charge in [-0.25, -0.2) is 4.79 Å². The Morgan fingerprint density at radius 3 is 2.88 bits per heavy atom. The Morgan fingerprint density at radius 1 is 1.44 bits per heavy atom. The minimum absolute atomic E-state index is 0.209. The van der Waals surface area contributed by atoms with Crippen molar-refractivity contribution in [3.8, 4) is 0 Å². The van der Waals surface area contributed by atoms with Gasteiger partial charge in [-0.3, -0.25) is 4.90 Å². The van der Waals surface area contributed by atoms with E-state index in [0.29, 0.717) is 0 Å². The van der Waals surface area contributed by atoms with E-state index in [0.717, 1.165) is 26.1 Å². The van der Waals surface area contributed by atoms with Crippen molar-refractivity contribution in [3.63, 3.8) is 0 Å². The van der Waals surface area contributed by atoms with Crippen LogP contribution < -0.4 is 11.1 Å². The normalized spacial score (nSPS) is 20.9. The van der Waals surface area contributed by atoms with E-state index in [9.17, 15) is 4.79 Å². The summed E-state index contributed by atoms with van der Waals surface area (Å²) in [6, 6.07) is 10.1. The molecule has 16 heavy (non-hydrogen) atoms. The van der Waals surface area contributed by atoms with Gasteiger partial charge < -0.3 is 11.1 Å². The highest BCUT2D eigenvalue weighted by Crippen LogP contribution is 2.13. The van der Waals surface area contributed by atoms with Gasteiger partial charge in [0.05, 0.1) is 0 Å². The number of hydrogen-bond acceptors (Lipinski definition) is 2. The van der Waals surface area contributed by atoms with Crippen LogP contribution in [0.15, 0.2) is 30.3 Å². The molecule has 2 amide bonds. The van der Waals surface area contributed by atoms with Crippen LogP contribution in [0.3, 0.4) is 0 Å². The lowest BCUT2D eigenvalue weighted by molar-refractivity contribution is 0.244. The maximum absolute atomic E-state index is 10.7. The molecule has 86 valence electrons. The third-order valence-electron chi connectivity index (χ3n) is 2.87. The molecule has 1 heterocycles. The second-order valence-electron chi connectivity index (χ2n) is 4.21. The molecule has 0 aliphatic carbocycles. The van der Waals surface area contributed by atoms with E-state index in [1.165, 1.54) is 5.56 Å². The fraction of sp³-hybridized carbons (Fsp3) is 0.417. The number of rotatable bonds is 3. The number of primary amides is 1. The van der Waals surface area contributed by atoms with E-state index in [1.54, 1.807) is 0 Å². The largest absolute Gasteiger partial charge is 0.352 e. The lowest BCUT2D eigenvalue weighted by Crippen LogP contribution is -2.40. The molecule has 4 heteroatoms. The molecule has 1 aromatic carbocycles. The standard InChI is InChI=1S/C12H17N3O/c13-12(16)14-11-6-7-15(9-11)8-10-4-2-1-3-5-10/h1-5,11H,6-9H2,(H3,13,14,16). The molecule has 0 spiro atoms. The van der Waals surface area contributed by atoms with Gasteiger partial charge in [-0.2, -0.15) is 0 Å². The molecule has 1 aliphatic rings.